The fraction of sp³-hybridized carbons (Fsp3) is 0.562. The number of carbonyl (C=O) groups excluding carboxylic acids is 1. The van der Waals surface area contributed by atoms with E-state index in [0.29, 0.717) is 13.0 Å². The lowest BCUT2D eigenvalue weighted by molar-refractivity contribution is 0.0972. The molecule has 0 amide bonds. The summed E-state index contributed by atoms with van der Waals surface area (Å²) >= 11 is 0. The van der Waals surface area contributed by atoms with Crippen LogP contribution in [0.4, 0.5) is 0 Å². The van der Waals surface area contributed by atoms with Crippen LogP contribution in [0.25, 0.3) is 0 Å². The second-order valence-corrected chi connectivity index (χ2v) is 11.3. The Morgan fingerprint density at radius 3 is 2.26 bits per heavy atom. The van der Waals surface area contributed by atoms with Crippen LogP contribution in [0.5, 0.6) is 0 Å². The maximum absolute atomic E-state index is 11.9. The highest BCUT2D eigenvalue weighted by molar-refractivity contribution is 6.74. The van der Waals surface area contributed by atoms with E-state index in [0.717, 1.165) is 12.0 Å². The van der Waals surface area contributed by atoms with Gasteiger partial charge in [0.05, 0.1) is 0 Å². The van der Waals surface area contributed by atoms with E-state index in [-0.39, 0.29) is 10.8 Å². The van der Waals surface area contributed by atoms with Crippen molar-refractivity contribution < 1.29 is 9.22 Å². The molecule has 2 nitrogen and oxygen atoms in total. The summed E-state index contributed by atoms with van der Waals surface area (Å²) in [4.78, 5) is 11.9. The lowest BCUT2D eigenvalue weighted by Crippen LogP contribution is -2.41. The van der Waals surface area contributed by atoms with Crippen LogP contribution in [0.3, 0.4) is 0 Å². The van der Waals surface area contributed by atoms with Crippen molar-refractivity contribution >= 4 is 14.1 Å². The Hall–Kier alpha value is -0.933. The van der Waals surface area contributed by atoms with Crippen LogP contribution in [-0.4, -0.2) is 20.7 Å². The molecule has 0 spiro atoms. The SMILES string of the molecule is CC(C)(C)[Si](C)(C)OCCCC(=O)c1ccccc1. The zero-order valence-corrected chi connectivity index (χ0v) is 13.8. The van der Waals surface area contributed by atoms with Crippen LogP contribution in [0.2, 0.25) is 18.1 Å². The molecule has 0 unspecified atom stereocenters. The summed E-state index contributed by atoms with van der Waals surface area (Å²) in [5.74, 6) is 0.208. The van der Waals surface area contributed by atoms with Crippen molar-refractivity contribution in [3.63, 3.8) is 0 Å². The summed E-state index contributed by atoms with van der Waals surface area (Å²) in [6.07, 6.45) is 1.37. The molecule has 0 heterocycles. The number of rotatable bonds is 6. The van der Waals surface area contributed by atoms with Gasteiger partial charge in [-0.05, 0) is 24.6 Å². The van der Waals surface area contributed by atoms with Crippen molar-refractivity contribution in [1.82, 2.24) is 0 Å². The Balaban J connectivity index is 2.34. The summed E-state index contributed by atoms with van der Waals surface area (Å²) in [6.45, 7) is 11.9. The van der Waals surface area contributed by atoms with Gasteiger partial charge in [-0.15, -0.1) is 0 Å². The minimum Gasteiger partial charge on any atom is -0.417 e. The molecule has 106 valence electrons. The summed E-state index contributed by atoms with van der Waals surface area (Å²) in [7, 11) is -1.67. The van der Waals surface area contributed by atoms with E-state index >= 15 is 0 Å². The van der Waals surface area contributed by atoms with Crippen molar-refractivity contribution in [3.8, 4) is 0 Å². The van der Waals surface area contributed by atoms with Crippen molar-refractivity contribution in [1.29, 1.82) is 0 Å². The Morgan fingerprint density at radius 1 is 1.16 bits per heavy atom. The van der Waals surface area contributed by atoms with Crippen molar-refractivity contribution in [2.45, 2.75) is 51.7 Å². The van der Waals surface area contributed by atoms with E-state index in [4.69, 9.17) is 4.43 Å². The summed E-state index contributed by atoms with van der Waals surface area (Å²) in [6, 6.07) is 9.48. The molecule has 1 aromatic carbocycles. The van der Waals surface area contributed by atoms with E-state index in [1.165, 1.54) is 0 Å². The highest BCUT2D eigenvalue weighted by Crippen LogP contribution is 2.36. The first kappa shape index (κ1) is 16.1. The number of ketones is 1. The lowest BCUT2D eigenvalue weighted by Gasteiger charge is -2.36. The third-order valence-electron chi connectivity index (χ3n) is 3.91. The topological polar surface area (TPSA) is 26.3 Å². The molecule has 0 aliphatic rings. The van der Waals surface area contributed by atoms with E-state index < -0.39 is 8.32 Å². The highest BCUT2D eigenvalue weighted by atomic mass is 28.4. The quantitative estimate of drug-likeness (QED) is 0.429. The Morgan fingerprint density at radius 2 is 1.74 bits per heavy atom. The molecular formula is C16H26O2Si. The molecule has 0 aromatic heterocycles. The third kappa shape index (κ3) is 4.92. The van der Waals surface area contributed by atoms with Crippen molar-refractivity contribution in [2.75, 3.05) is 6.61 Å². The molecule has 1 aromatic rings. The predicted molar refractivity (Wildman–Crippen MR) is 83.2 cm³/mol. The molecule has 0 saturated heterocycles. The highest BCUT2D eigenvalue weighted by Gasteiger charge is 2.36. The van der Waals surface area contributed by atoms with Crippen molar-refractivity contribution in [2.24, 2.45) is 0 Å². The number of Topliss-reactive ketones (excluding diaryl/α,β-unsaturated/α-hetero) is 1. The van der Waals surface area contributed by atoms with Gasteiger partial charge in [-0.3, -0.25) is 4.79 Å². The maximum Gasteiger partial charge on any atom is 0.191 e. The fourth-order valence-electron chi connectivity index (χ4n) is 1.54. The van der Waals surface area contributed by atoms with Crippen molar-refractivity contribution in [3.05, 3.63) is 35.9 Å². The second-order valence-electron chi connectivity index (χ2n) is 6.50. The van der Waals surface area contributed by atoms with Gasteiger partial charge in [0.25, 0.3) is 0 Å². The molecule has 0 bridgehead atoms. The van der Waals surface area contributed by atoms with E-state index in [1.54, 1.807) is 0 Å². The van der Waals surface area contributed by atoms with Crippen LogP contribution >= 0.6 is 0 Å². The number of carbonyl (C=O) groups is 1. The van der Waals surface area contributed by atoms with Crippen LogP contribution in [-0.2, 0) is 4.43 Å². The monoisotopic (exact) mass is 278 g/mol. The molecule has 0 aliphatic heterocycles. The van der Waals surface area contributed by atoms with Gasteiger partial charge in [-0.1, -0.05) is 51.1 Å². The molecule has 0 aliphatic carbocycles. The fourth-order valence-corrected chi connectivity index (χ4v) is 2.63. The minimum absolute atomic E-state index is 0.208. The zero-order valence-electron chi connectivity index (χ0n) is 12.8. The molecule has 0 fully saturated rings. The largest absolute Gasteiger partial charge is 0.417 e. The van der Waals surface area contributed by atoms with Gasteiger partial charge in [0.15, 0.2) is 14.1 Å². The molecule has 0 N–H and O–H groups in total. The second kappa shape index (κ2) is 6.48. The van der Waals surface area contributed by atoms with Gasteiger partial charge in [0.1, 0.15) is 0 Å². The molecule has 1 rings (SSSR count). The number of hydrogen-bond acceptors (Lipinski definition) is 2. The maximum atomic E-state index is 11.9. The third-order valence-corrected chi connectivity index (χ3v) is 8.45. The Labute approximate surface area is 118 Å². The average molecular weight is 278 g/mol. The molecule has 0 atom stereocenters. The Bertz CT molecular complexity index is 405. The minimum atomic E-state index is -1.67. The summed E-state index contributed by atoms with van der Waals surface area (Å²) in [5.41, 5.74) is 0.801. The van der Waals surface area contributed by atoms with Crippen LogP contribution in [0.1, 0.15) is 44.0 Å². The van der Waals surface area contributed by atoms with Crippen LogP contribution in [0, 0.1) is 0 Å². The molecule has 3 heteroatoms. The van der Waals surface area contributed by atoms with Gasteiger partial charge in [0.2, 0.25) is 0 Å². The van der Waals surface area contributed by atoms with Gasteiger partial charge in [-0.2, -0.15) is 0 Å². The smallest absolute Gasteiger partial charge is 0.191 e. The van der Waals surface area contributed by atoms with Crippen LogP contribution < -0.4 is 0 Å². The normalized spacial score (nSPS) is 12.5. The van der Waals surface area contributed by atoms with E-state index in [2.05, 4.69) is 33.9 Å². The Kier molecular flexibility index (Phi) is 5.50. The molecule has 0 saturated carbocycles. The standard InChI is InChI=1S/C16H26O2Si/c1-16(2,3)19(4,5)18-13-9-12-15(17)14-10-7-6-8-11-14/h6-8,10-11H,9,12-13H2,1-5H3. The van der Waals surface area contributed by atoms with Crippen LogP contribution in [0.15, 0.2) is 30.3 Å². The molecular weight excluding hydrogens is 252 g/mol. The molecule has 0 radical (unpaired) electrons. The zero-order chi connectivity index (χ0) is 14.5. The first-order valence-electron chi connectivity index (χ1n) is 6.96. The first-order valence-corrected chi connectivity index (χ1v) is 9.87. The number of benzene rings is 1. The van der Waals surface area contributed by atoms with Gasteiger partial charge in [-0.25, -0.2) is 0 Å². The van der Waals surface area contributed by atoms with Gasteiger partial charge >= 0.3 is 0 Å². The van der Waals surface area contributed by atoms with E-state index in [9.17, 15) is 4.79 Å². The first-order chi connectivity index (χ1) is 8.74. The van der Waals surface area contributed by atoms with Gasteiger partial charge in [0, 0.05) is 18.6 Å². The molecule has 19 heavy (non-hydrogen) atoms. The summed E-state index contributed by atoms with van der Waals surface area (Å²) in [5, 5.41) is 0.233. The van der Waals surface area contributed by atoms with Gasteiger partial charge < -0.3 is 4.43 Å². The predicted octanol–water partition coefficient (Wildman–Crippen LogP) is 4.67. The number of hydrogen-bond donors (Lipinski definition) is 0. The average Bonchev–Trinajstić information content (AvgIpc) is 2.34. The summed E-state index contributed by atoms with van der Waals surface area (Å²) < 4.78 is 6.07. The van der Waals surface area contributed by atoms with E-state index in [1.807, 2.05) is 30.3 Å². The lowest BCUT2D eigenvalue weighted by atomic mass is 10.1.